The normalized spacial score (nSPS) is 13.0. The Bertz CT molecular complexity index is 1030. The molecule has 0 fully saturated rings. The Balaban J connectivity index is 2.08. The summed E-state index contributed by atoms with van der Waals surface area (Å²) < 4.78 is 2.75. The zero-order valence-corrected chi connectivity index (χ0v) is 13.2. The van der Waals surface area contributed by atoms with E-state index in [4.69, 9.17) is 11.6 Å². The van der Waals surface area contributed by atoms with Gasteiger partial charge in [0.05, 0.1) is 33.5 Å². The molecule has 2 aromatic carbocycles. The van der Waals surface area contributed by atoms with E-state index in [1.165, 1.54) is 0 Å². The molecule has 0 N–H and O–H groups in total. The highest BCUT2D eigenvalue weighted by molar-refractivity contribution is 6.35. The van der Waals surface area contributed by atoms with Gasteiger partial charge in [0, 0.05) is 12.4 Å². The van der Waals surface area contributed by atoms with Crippen LogP contribution in [0.3, 0.4) is 0 Å². The van der Waals surface area contributed by atoms with E-state index in [0.717, 1.165) is 10.4 Å². The molecule has 0 radical (unpaired) electrons. The third-order valence-electron chi connectivity index (χ3n) is 4.02. The van der Waals surface area contributed by atoms with Crippen molar-refractivity contribution in [2.24, 2.45) is 0 Å². The van der Waals surface area contributed by atoms with E-state index in [0.29, 0.717) is 33.2 Å². The van der Waals surface area contributed by atoms with Crippen molar-refractivity contribution < 1.29 is 4.74 Å². The van der Waals surface area contributed by atoms with Crippen LogP contribution in [0.5, 0.6) is 0 Å². The zero-order valence-electron chi connectivity index (χ0n) is 12.5. The van der Waals surface area contributed by atoms with Crippen LogP contribution in [0.2, 0.25) is 5.02 Å². The molecule has 2 heterocycles. The van der Waals surface area contributed by atoms with Crippen molar-refractivity contribution in [2.75, 3.05) is 0 Å². The molecule has 24 heavy (non-hydrogen) atoms. The fourth-order valence-electron chi connectivity index (χ4n) is 2.95. The third kappa shape index (κ3) is 2.16. The minimum absolute atomic E-state index is 0.101. The molecule has 0 amide bonds. The molecule has 3 aromatic rings. The summed E-state index contributed by atoms with van der Waals surface area (Å²) in [5.41, 5.74) is 3.02. The molecular formula is C18H11ClN4O. The molecule has 1 aliphatic rings. The predicted octanol–water partition coefficient (Wildman–Crippen LogP) is 3.26. The van der Waals surface area contributed by atoms with Crippen LogP contribution in [0.4, 0.5) is 0 Å². The van der Waals surface area contributed by atoms with Gasteiger partial charge in [0.15, 0.2) is 5.82 Å². The Hall–Kier alpha value is -3.10. The lowest BCUT2D eigenvalue weighted by Gasteiger charge is -2.12. The lowest BCUT2D eigenvalue weighted by Crippen LogP contribution is -2.18. The van der Waals surface area contributed by atoms with Gasteiger partial charge in [-0.15, -0.1) is 0 Å². The number of hydrogen-bond donors (Lipinski definition) is 0. The number of benzene rings is 2. The van der Waals surface area contributed by atoms with Crippen molar-refractivity contribution in [3.8, 4) is 11.8 Å². The van der Waals surface area contributed by atoms with Crippen LogP contribution in [-0.4, -0.2) is 20.0 Å². The van der Waals surface area contributed by atoms with Gasteiger partial charge in [-0.1, -0.05) is 23.7 Å². The lowest BCUT2D eigenvalue weighted by molar-refractivity contribution is -0.475. The van der Waals surface area contributed by atoms with Crippen molar-refractivity contribution in [1.29, 1.82) is 5.26 Å². The summed E-state index contributed by atoms with van der Waals surface area (Å²) in [6.07, 6.45) is 3.47. The Labute approximate surface area is 143 Å². The molecule has 6 heteroatoms. The molecule has 0 saturated carbocycles. The minimum Gasteiger partial charge on any atom is -0.623 e. The van der Waals surface area contributed by atoms with Gasteiger partial charge in [-0.25, -0.2) is 4.98 Å². The first-order chi connectivity index (χ1) is 11.7. The molecule has 1 aromatic heterocycles. The number of halogens is 1. The first-order valence-electron chi connectivity index (χ1n) is 7.32. The topological polar surface area (TPSA) is 67.7 Å². The van der Waals surface area contributed by atoms with E-state index in [2.05, 4.69) is 11.1 Å². The molecule has 116 valence electrons. The molecule has 0 unspecified atom stereocenters. The van der Waals surface area contributed by atoms with Gasteiger partial charge >= 0.3 is 0 Å². The van der Waals surface area contributed by atoms with Crippen LogP contribution in [0.1, 0.15) is 22.5 Å². The van der Waals surface area contributed by atoms with Crippen molar-refractivity contribution in [1.82, 2.24) is 9.55 Å². The third-order valence-corrected chi connectivity index (χ3v) is 4.35. The van der Waals surface area contributed by atoms with Gasteiger partial charge in [-0.05, 0) is 30.3 Å². The van der Waals surface area contributed by atoms with E-state index >= 15 is 0 Å². The summed E-state index contributed by atoms with van der Waals surface area (Å²) in [5.74, 6) is 0.637. The molecule has 0 atom stereocenters. The summed E-state index contributed by atoms with van der Waals surface area (Å²) in [7, 11) is 0. The van der Waals surface area contributed by atoms with Crippen LogP contribution in [0.25, 0.3) is 5.69 Å². The maximum atomic E-state index is 12.9. The van der Waals surface area contributed by atoms with Gasteiger partial charge in [-0.3, -0.25) is 4.57 Å². The molecule has 0 bridgehead atoms. The number of hydroxylamine groups is 1. The van der Waals surface area contributed by atoms with Crippen molar-refractivity contribution in [3.05, 3.63) is 87.6 Å². The summed E-state index contributed by atoms with van der Waals surface area (Å²) >= 11 is 6.33. The first kappa shape index (κ1) is 14.5. The first-order valence-corrected chi connectivity index (χ1v) is 7.70. The van der Waals surface area contributed by atoms with Crippen LogP contribution in [-0.2, 0) is 6.54 Å². The molecule has 4 rings (SSSR count). The second-order valence-corrected chi connectivity index (χ2v) is 5.83. The van der Waals surface area contributed by atoms with Gasteiger partial charge in [0.2, 0.25) is 12.3 Å². The number of rotatable bonds is 1. The quantitative estimate of drug-likeness (QED) is 0.506. The standard InChI is InChI=1S/C18H11ClN4O/c19-15-4-2-1-3-13(15)18-14-9-12(10-20)5-6-16(14)22-8-7-21-17(22)11-23(18)24/h1-9H,11H2. The highest BCUT2D eigenvalue weighted by atomic mass is 35.5. The van der Waals surface area contributed by atoms with Crippen molar-refractivity contribution >= 4 is 17.3 Å². The van der Waals surface area contributed by atoms with Gasteiger partial charge in [0.25, 0.3) is 0 Å². The maximum Gasteiger partial charge on any atom is 0.229 e. The monoisotopic (exact) mass is 334 g/mol. The molecule has 0 spiro atoms. The van der Waals surface area contributed by atoms with Crippen LogP contribution in [0.15, 0.2) is 54.9 Å². The van der Waals surface area contributed by atoms with Crippen LogP contribution >= 0.6 is 11.6 Å². The fraction of sp³-hybridized carbons (Fsp3) is 0.0556. The highest BCUT2D eigenvalue weighted by Crippen LogP contribution is 2.28. The van der Waals surface area contributed by atoms with E-state index in [-0.39, 0.29) is 6.54 Å². The van der Waals surface area contributed by atoms with Gasteiger partial charge < -0.3 is 5.21 Å². The number of nitriles is 1. The van der Waals surface area contributed by atoms with Crippen molar-refractivity contribution in [3.63, 3.8) is 0 Å². The summed E-state index contributed by atoms with van der Waals surface area (Å²) in [6.45, 7) is 0.101. The Morgan fingerprint density at radius 2 is 2.04 bits per heavy atom. The molecule has 5 nitrogen and oxygen atoms in total. The second-order valence-electron chi connectivity index (χ2n) is 5.42. The number of nitrogens with zero attached hydrogens (tertiary/aromatic N) is 4. The SMILES string of the molecule is N#Cc1ccc2c(c1)C(c1ccccc1Cl)=[N+]([O-])Cc1nccn1-2. The molecule has 0 saturated heterocycles. The average Bonchev–Trinajstić information content (AvgIpc) is 3.00. The van der Waals surface area contributed by atoms with Crippen molar-refractivity contribution in [2.45, 2.75) is 6.54 Å². The number of imidazole rings is 1. The number of hydrogen-bond acceptors (Lipinski definition) is 3. The van der Waals surface area contributed by atoms with E-state index in [1.54, 1.807) is 30.5 Å². The van der Waals surface area contributed by atoms with E-state index in [1.807, 2.05) is 29.0 Å². The largest absolute Gasteiger partial charge is 0.623 e. The highest BCUT2D eigenvalue weighted by Gasteiger charge is 2.28. The fourth-order valence-corrected chi connectivity index (χ4v) is 3.18. The molecule has 1 aliphatic heterocycles. The Morgan fingerprint density at radius 1 is 1.21 bits per heavy atom. The number of fused-ring (bicyclic) bond motifs is 3. The second kappa shape index (κ2) is 5.52. The average molecular weight is 335 g/mol. The minimum atomic E-state index is 0.101. The lowest BCUT2D eigenvalue weighted by atomic mass is 9.98. The van der Waals surface area contributed by atoms with Crippen LogP contribution in [0, 0.1) is 16.5 Å². The summed E-state index contributed by atoms with van der Waals surface area (Å²) in [4.78, 5) is 4.27. The van der Waals surface area contributed by atoms with Gasteiger partial charge in [-0.2, -0.15) is 10.0 Å². The van der Waals surface area contributed by atoms with E-state index in [9.17, 15) is 10.5 Å². The van der Waals surface area contributed by atoms with Gasteiger partial charge in [0.1, 0.15) is 0 Å². The number of aromatic nitrogens is 2. The predicted molar refractivity (Wildman–Crippen MR) is 90.3 cm³/mol. The Kier molecular flexibility index (Phi) is 3.33. The Morgan fingerprint density at radius 3 is 2.83 bits per heavy atom. The maximum absolute atomic E-state index is 12.9. The molecule has 0 aliphatic carbocycles. The summed E-state index contributed by atoms with van der Waals surface area (Å²) in [6, 6.07) is 14.6. The summed E-state index contributed by atoms with van der Waals surface area (Å²) in [5, 5.41) is 22.6. The molecular weight excluding hydrogens is 324 g/mol. The van der Waals surface area contributed by atoms with E-state index < -0.39 is 0 Å². The zero-order chi connectivity index (χ0) is 16.7. The van der Waals surface area contributed by atoms with Crippen LogP contribution < -0.4 is 0 Å². The smallest absolute Gasteiger partial charge is 0.229 e.